The Morgan fingerprint density at radius 2 is 2.18 bits per heavy atom. The molecule has 2 saturated heterocycles. The summed E-state index contributed by atoms with van der Waals surface area (Å²) < 4.78 is 5.51. The molecule has 3 heterocycles. The second-order valence-corrected chi connectivity index (χ2v) is 5.93. The van der Waals surface area contributed by atoms with Crippen LogP contribution in [0.1, 0.15) is 18.4 Å². The van der Waals surface area contributed by atoms with E-state index in [9.17, 15) is 4.79 Å². The highest BCUT2D eigenvalue weighted by molar-refractivity contribution is 5.80. The standard InChI is InChI=1S/C16H24N4O2/c1-17-16(21)14-12-19(8-9-22-14)11-13-4-5-15(18-10-13)20-6-2-3-7-20/h4-5,10,14H,2-3,6-9,11-12H2,1H3,(H,17,21)/t14-/m0/s1. The molecule has 0 bridgehead atoms. The van der Waals surface area contributed by atoms with Gasteiger partial charge in [-0.2, -0.15) is 0 Å². The number of nitrogens with one attached hydrogen (secondary N) is 1. The predicted molar refractivity (Wildman–Crippen MR) is 84.8 cm³/mol. The molecule has 1 atom stereocenters. The van der Waals surface area contributed by atoms with E-state index >= 15 is 0 Å². The number of ether oxygens (including phenoxy) is 1. The number of nitrogens with zero attached hydrogens (tertiary/aromatic N) is 3. The Balaban J connectivity index is 1.57. The number of amides is 1. The fraction of sp³-hybridized carbons (Fsp3) is 0.625. The van der Waals surface area contributed by atoms with Crippen LogP contribution in [0, 0.1) is 0 Å². The Morgan fingerprint density at radius 1 is 1.36 bits per heavy atom. The Bertz CT molecular complexity index is 499. The quantitative estimate of drug-likeness (QED) is 0.884. The van der Waals surface area contributed by atoms with Gasteiger partial charge in [0.05, 0.1) is 6.61 Å². The van der Waals surface area contributed by atoms with Crippen LogP contribution in [0.3, 0.4) is 0 Å². The molecule has 1 N–H and O–H groups in total. The van der Waals surface area contributed by atoms with Crippen molar-refractivity contribution in [3.8, 4) is 0 Å². The van der Waals surface area contributed by atoms with E-state index in [1.807, 2.05) is 6.20 Å². The van der Waals surface area contributed by atoms with Crippen molar-refractivity contribution in [1.82, 2.24) is 15.2 Å². The third-order valence-corrected chi connectivity index (χ3v) is 4.33. The van der Waals surface area contributed by atoms with Crippen LogP contribution in [0.5, 0.6) is 0 Å². The minimum atomic E-state index is -0.365. The predicted octanol–water partition coefficient (Wildman–Crippen LogP) is 0.629. The number of pyridine rings is 1. The molecule has 2 aliphatic heterocycles. The van der Waals surface area contributed by atoms with Crippen LogP contribution < -0.4 is 10.2 Å². The Hall–Kier alpha value is -1.66. The molecule has 0 unspecified atom stereocenters. The van der Waals surface area contributed by atoms with Crippen LogP contribution in [0.15, 0.2) is 18.3 Å². The zero-order valence-corrected chi connectivity index (χ0v) is 13.1. The first kappa shape index (κ1) is 15.2. The van der Waals surface area contributed by atoms with Crippen molar-refractivity contribution in [3.05, 3.63) is 23.9 Å². The number of hydrogen-bond donors (Lipinski definition) is 1. The highest BCUT2D eigenvalue weighted by Gasteiger charge is 2.25. The molecular weight excluding hydrogens is 280 g/mol. The number of carbonyl (C=O) groups is 1. The van der Waals surface area contributed by atoms with Gasteiger partial charge in [0, 0.05) is 46.0 Å². The zero-order chi connectivity index (χ0) is 15.4. The van der Waals surface area contributed by atoms with Crippen molar-refractivity contribution in [2.75, 3.05) is 44.7 Å². The molecule has 3 rings (SSSR count). The molecule has 6 heteroatoms. The maximum Gasteiger partial charge on any atom is 0.250 e. The lowest BCUT2D eigenvalue weighted by Crippen LogP contribution is -2.48. The topological polar surface area (TPSA) is 57.7 Å². The first-order chi connectivity index (χ1) is 10.8. The minimum Gasteiger partial charge on any atom is -0.366 e. The highest BCUT2D eigenvalue weighted by atomic mass is 16.5. The van der Waals surface area contributed by atoms with Crippen LogP contribution in [-0.2, 0) is 16.1 Å². The van der Waals surface area contributed by atoms with Crippen molar-refractivity contribution in [3.63, 3.8) is 0 Å². The summed E-state index contributed by atoms with van der Waals surface area (Å²) in [6, 6.07) is 4.25. The van der Waals surface area contributed by atoms with Crippen LogP contribution in [0.2, 0.25) is 0 Å². The average Bonchev–Trinajstić information content (AvgIpc) is 3.09. The van der Waals surface area contributed by atoms with E-state index in [2.05, 4.69) is 32.2 Å². The van der Waals surface area contributed by atoms with Crippen molar-refractivity contribution >= 4 is 11.7 Å². The van der Waals surface area contributed by atoms with Gasteiger partial charge in [-0.05, 0) is 24.5 Å². The van der Waals surface area contributed by atoms with E-state index < -0.39 is 0 Å². The maximum absolute atomic E-state index is 11.7. The summed E-state index contributed by atoms with van der Waals surface area (Å²) in [5, 5.41) is 2.65. The Labute approximate surface area is 131 Å². The number of aromatic nitrogens is 1. The molecule has 0 saturated carbocycles. The fourth-order valence-corrected chi connectivity index (χ4v) is 3.07. The Kier molecular flexibility index (Phi) is 4.90. The average molecular weight is 304 g/mol. The summed E-state index contributed by atoms with van der Waals surface area (Å²) in [5.41, 5.74) is 1.18. The summed E-state index contributed by atoms with van der Waals surface area (Å²) in [6.45, 7) is 5.11. The number of carbonyl (C=O) groups excluding carboxylic acids is 1. The van der Waals surface area contributed by atoms with Crippen LogP contribution in [0.25, 0.3) is 0 Å². The molecule has 22 heavy (non-hydrogen) atoms. The molecule has 0 aromatic carbocycles. The van der Waals surface area contributed by atoms with E-state index in [0.29, 0.717) is 13.2 Å². The largest absolute Gasteiger partial charge is 0.366 e. The lowest BCUT2D eigenvalue weighted by Gasteiger charge is -2.31. The lowest BCUT2D eigenvalue weighted by molar-refractivity contribution is -0.138. The number of likely N-dealkylation sites (N-methyl/N-ethyl adjacent to an activating group) is 1. The van der Waals surface area contributed by atoms with Crippen LogP contribution in [0.4, 0.5) is 5.82 Å². The summed E-state index contributed by atoms with van der Waals surface area (Å²) >= 11 is 0. The molecular formula is C16H24N4O2. The molecule has 2 fully saturated rings. The van der Waals surface area contributed by atoms with E-state index in [-0.39, 0.29) is 12.0 Å². The van der Waals surface area contributed by atoms with Gasteiger partial charge in [0.1, 0.15) is 11.9 Å². The summed E-state index contributed by atoms with van der Waals surface area (Å²) in [6.07, 6.45) is 4.12. The van der Waals surface area contributed by atoms with Gasteiger partial charge in [0.25, 0.3) is 0 Å². The second kappa shape index (κ2) is 7.07. The van der Waals surface area contributed by atoms with Crippen molar-refractivity contribution in [2.45, 2.75) is 25.5 Å². The molecule has 1 aromatic rings. The number of rotatable bonds is 4. The smallest absolute Gasteiger partial charge is 0.250 e. The van der Waals surface area contributed by atoms with Gasteiger partial charge in [-0.25, -0.2) is 4.98 Å². The van der Waals surface area contributed by atoms with Crippen LogP contribution >= 0.6 is 0 Å². The summed E-state index contributed by atoms with van der Waals surface area (Å²) in [7, 11) is 1.64. The Morgan fingerprint density at radius 3 is 2.86 bits per heavy atom. The fourth-order valence-electron chi connectivity index (χ4n) is 3.07. The summed E-state index contributed by atoms with van der Waals surface area (Å²) in [5.74, 6) is 1.03. The molecule has 1 aromatic heterocycles. The molecule has 0 aliphatic carbocycles. The van der Waals surface area contributed by atoms with E-state index in [1.165, 1.54) is 18.4 Å². The monoisotopic (exact) mass is 304 g/mol. The van der Waals surface area contributed by atoms with Gasteiger partial charge < -0.3 is 15.0 Å². The van der Waals surface area contributed by atoms with E-state index in [1.54, 1.807) is 7.05 Å². The van der Waals surface area contributed by atoms with Crippen molar-refractivity contribution < 1.29 is 9.53 Å². The zero-order valence-electron chi connectivity index (χ0n) is 13.1. The van der Waals surface area contributed by atoms with Crippen molar-refractivity contribution in [2.24, 2.45) is 0 Å². The second-order valence-electron chi connectivity index (χ2n) is 5.93. The first-order valence-corrected chi connectivity index (χ1v) is 8.01. The number of morpholine rings is 1. The SMILES string of the molecule is CNC(=O)[C@@H]1CN(Cc2ccc(N3CCCC3)nc2)CCO1. The molecule has 1 amide bonds. The van der Waals surface area contributed by atoms with Gasteiger partial charge >= 0.3 is 0 Å². The van der Waals surface area contributed by atoms with Crippen LogP contribution in [-0.4, -0.2) is 61.7 Å². The highest BCUT2D eigenvalue weighted by Crippen LogP contribution is 2.18. The summed E-state index contributed by atoms with van der Waals surface area (Å²) in [4.78, 5) is 20.8. The van der Waals surface area contributed by atoms with Gasteiger partial charge in [-0.1, -0.05) is 6.07 Å². The molecule has 0 radical (unpaired) electrons. The minimum absolute atomic E-state index is 0.0489. The number of hydrogen-bond acceptors (Lipinski definition) is 5. The molecule has 0 spiro atoms. The van der Waals surface area contributed by atoms with Gasteiger partial charge in [0.15, 0.2) is 0 Å². The third kappa shape index (κ3) is 3.56. The first-order valence-electron chi connectivity index (χ1n) is 8.01. The van der Waals surface area contributed by atoms with Gasteiger partial charge in [-0.3, -0.25) is 9.69 Å². The van der Waals surface area contributed by atoms with E-state index in [0.717, 1.165) is 32.0 Å². The van der Waals surface area contributed by atoms with E-state index in [4.69, 9.17) is 4.74 Å². The normalized spacial score (nSPS) is 22.8. The maximum atomic E-state index is 11.7. The molecule has 120 valence electrons. The van der Waals surface area contributed by atoms with Gasteiger partial charge in [0.2, 0.25) is 5.91 Å². The molecule has 2 aliphatic rings. The van der Waals surface area contributed by atoms with Gasteiger partial charge in [-0.15, -0.1) is 0 Å². The lowest BCUT2D eigenvalue weighted by atomic mass is 10.2. The molecule has 6 nitrogen and oxygen atoms in total. The number of anilines is 1. The third-order valence-electron chi connectivity index (χ3n) is 4.33. The van der Waals surface area contributed by atoms with Crippen molar-refractivity contribution in [1.29, 1.82) is 0 Å².